The van der Waals surface area contributed by atoms with Crippen LogP contribution >= 0.6 is 27.7 Å². The predicted molar refractivity (Wildman–Crippen MR) is 97.9 cm³/mol. The van der Waals surface area contributed by atoms with Crippen molar-refractivity contribution < 1.29 is 13.6 Å². The first-order valence-electron chi connectivity index (χ1n) is 7.30. The second kappa shape index (κ2) is 7.79. The normalized spacial score (nSPS) is 10.7. The second-order valence-electron chi connectivity index (χ2n) is 5.15. The van der Waals surface area contributed by atoms with Crippen LogP contribution in [0.1, 0.15) is 5.56 Å². The Morgan fingerprint density at radius 3 is 2.84 bits per heavy atom. The minimum Gasteiger partial charge on any atom is -0.411 e. The lowest BCUT2D eigenvalue weighted by Crippen LogP contribution is -2.14. The van der Waals surface area contributed by atoms with Crippen molar-refractivity contribution in [1.29, 1.82) is 0 Å². The molecular formula is C17H13BrFN3O2S. The number of aromatic nitrogens is 2. The van der Waals surface area contributed by atoms with E-state index in [1.807, 2.05) is 25.1 Å². The molecule has 0 unspecified atom stereocenters. The summed E-state index contributed by atoms with van der Waals surface area (Å²) in [5.74, 6) is -0.443. The maximum atomic E-state index is 13.7. The number of hydrogen-bond acceptors (Lipinski definition) is 5. The zero-order chi connectivity index (χ0) is 17.8. The molecular weight excluding hydrogens is 409 g/mol. The minimum atomic E-state index is -0.439. The fourth-order valence-electron chi connectivity index (χ4n) is 2.06. The van der Waals surface area contributed by atoms with Crippen LogP contribution in [0.4, 0.5) is 10.1 Å². The lowest BCUT2D eigenvalue weighted by molar-refractivity contribution is -0.113. The standard InChI is InChI=1S/C17H13BrFN3O2S/c1-10-8-11(6-7-13(10)18)20-15(23)9-25-17-22-21-16(24-17)12-4-2-3-5-14(12)19/h2-8H,9H2,1H3,(H,20,23). The highest BCUT2D eigenvalue weighted by atomic mass is 79.9. The number of carbonyl (C=O) groups excluding carboxylic acids is 1. The van der Waals surface area contributed by atoms with Crippen LogP contribution in [-0.4, -0.2) is 21.9 Å². The van der Waals surface area contributed by atoms with Crippen LogP contribution in [0.2, 0.25) is 0 Å². The monoisotopic (exact) mass is 421 g/mol. The molecule has 2 aromatic carbocycles. The first-order chi connectivity index (χ1) is 12.0. The van der Waals surface area contributed by atoms with Crippen molar-refractivity contribution >= 4 is 39.3 Å². The average Bonchev–Trinajstić information content (AvgIpc) is 3.05. The highest BCUT2D eigenvalue weighted by molar-refractivity contribution is 9.10. The molecule has 8 heteroatoms. The number of nitrogens with one attached hydrogen (secondary N) is 1. The van der Waals surface area contributed by atoms with Gasteiger partial charge in [-0.25, -0.2) is 4.39 Å². The SMILES string of the molecule is Cc1cc(NC(=O)CSc2nnc(-c3ccccc3F)o2)ccc1Br. The highest BCUT2D eigenvalue weighted by Gasteiger charge is 2.14. The van der Waals surface area contributed by atoms with Gasteiger partial charge in [-0.3, -0.25) is 4.79 Å². The number of halogens is 2. The number of amides is 1. The maximum absolute atomic E-state index is 13.7. The molecule has 25 heavy (non-hydrogen) atoms. The van der Waals surface area contributed by atoms with Gasteiger partial charge in [-0.2, -0.15) is 0 Å². The lowest BCUT2D eigenvalue weighted by Gasteiger charge is -2.06. The van der Waals surface area contributed by atoms with Crippen molar-refractivity contribution in [2.45, 2.75) is 12.1 Å². The highest BCUT2D eigenvalue weighted by Crippen LogP contribution is 2.25. The van der Waals surface area contributed by atoms with Crippen LogP contribution in [0.3, 0.4) is 0 Å². The van der Waals surface area contributed by atoms with Gasteiger partial charge in [-0.05, 0) is 42.8 Å². The van der Waals surface area contributed by atoms with Gasteiger partial charge in [0, 0.05) is 10.2 Å². The van der Waals surface area contributed by atoms with E-state index in [0.717, 1.165) is 21.8 Å². The number of carbonyl (C=O) groups is 1. The largest absolute Gasteiger partial charge is 0.411 e. The van der Waals surface area contributed by atoms with Gasteiger partial charge in [-0.1, -0.05) is 39.8 Å². The van der Waals surface area contributed by atoms with Crippen molar-refractivity contribution in [2.24, 2.45) is 0 Å². The van der Waals surface area contributed by atoms with Crippen molar-refractivity contribution in [3.63, 3.8) is 0 Å². The molecule has 0 aliphatic heterocycles. The molecule has 0 bridgehead atoms. The summed E-state index contributed by atoms with van der Waals surface area (Å²) in [6.45, 7) is 1.94. The molecule has 1 aromatic heterocycles. The fourth-order valence-corrected chi connectivity index (χ4v) is 2.87. The summed E-state index contributed by atoms with van der Waals surface area (Å²) >= 11 is 4.50. The molecule has 3 aromatic rings. The Morgan fingerprint density at radius 1 is 1.28 bits per heavy atom. The molecule has 0 spiro atoms. The third-order valence-corrected chi connectivity index (χ3v) is 4.99. The smallest absolute Gasteiger partial charge is 0.277 e. The molecule has 1 amide bonds. The molecule has 0 fully saturated rings. The average molecular weight is 422 g/mol. The Balaban J connectivity index is 1.59. The third-order valence-electron chi connectivity index (χ3n) is 3.28. The van der Waals surface area contributed by atoms with E-state index >= 15 is 0 Å². The van der Waals surface area contributed by atoms with E-state index in [2.05, 4.69) is 31.4 Å². The van der Waals surface area contributed by atoms with Crippen molar-refractivity contribution in [1.82, 2.24) is 10.2 Å². The van der Waals surface area contributed by atoms with E-state index in [9.17, 15) is 9.18 Å². The van der Waals surface area contributed by atoms with Gasteiger partial charge >= 0.3 is 0 Å². The molecule has 3 rings (SSSR count). The van der Waals surface area contributed by atoms with Crippen LogP contribution in [0.15, 0.2) is 56.6 Å². The van der Waals surface area contributed by atoms with Gasteiger partial charge in [0.15, 0.2) is 0 Å². The van der Waals surface area contributed by atoms with E-state index in [-0.39, 0.29) is 28.3 Å². The van der Waals surface area contributed by atoms with Crippen LogP contribution in [-0.2, 0) is 4.79 Å². The molecule has 0 aliphatic rings. The molecule has 0 saturated carbocycles. The van der Waals surface area contributed by atoms with E-state index < -0.39 is 5.82 Å². The number of benzene rings is 2. The molecule has 128 valence electrons. The molecule has 0 aliphatic carbocycles. The molecule has 1 N–H and O–H groups in total. The van der Waals surface area contributed by atoms with E-state index in [0.29, 0.717) is 5.69 Å². The Labute approximate surface area is 156 Å². The van der Waals surface area contributed by atoms with E-state index in [1.54, 1.807) is 18.2 Å². The molecule has 1 heterocycles. The van der Waals surface area contributed by atoms with Crippen LogP contribution in [0.5, 0.6) is 0 Å². The summed E-state index contributed by atoms with van der Waals surface area (Å²) in [6, 6.07) is 11.7. The Hall–Kier alpha value is -2.19. The predicted octanol–water partition coefficient (Wildman–Crippen LogP) is 4.68. The molecule has 5 nitrogen and oxygen atoms in total. The van der Waals surface area contributed by atoms with E-state index in [1.165, 1.54) is 6.07 Å². The first kappa shape index (κ1) is 17.6. The van der Waals surface area contributed by atoms with Crippen molar-refractivity contribution in [3.05, 3.63) is 58.3 Å². The number of rotatable bonds is 5. The number of hydrogen-bond donors (Lipinski definition) is 1. The number of anilines is 1. The lowest BCUT2D eigenvalue weighted by atomic mass is 10.2. The molecule has 0 atom stereocenters. The third kappa shape index (κ3) is 4.46. The number of thioether (sulfide) groups is 1. The van der Waals surface area contributed by atoms with Crippen molar-refractivity contribution in [2.75, 3.05) is 11.1 Å². The first-order valence-corrected chi connectivity index (χ1v) is 9.08. The summed E-state index contributed by atoms with van der Waals surface area (Å²) in [5.41, 5.74) is 1.97. The van der Waals surface area contributed by atoms with Gasteiger partial charge < -0.3 is 9.73 Å². The Kier molecular flexibility index (Phi) is 5.50. The second-order valence-corrected chi connectivity index (χ2v) is 6.93. The summed E-state index contributed by atoms with van der Waals surface area (Å²) in [7, 11) is 0. The Morgan fingerprint density at radius 2 is 2.08 bits per heavy atom. The summed E-state index contributed by atoms with van der Waals surface area (Å²) in [4.78, 5) is 12.0. The number of nitrogens with zero attached hydrogens (tertiary/aromatic N) is 2. The van der Waals surface area contributed by atoms with Gasteiger partial charge in [-0.15, -0.1) is 10.2 Å². The fraction of sp³-hybridized carbons (Fsp3) is 0.118. The molecule has 0 saturated heterocycles. The van der Waals surface area contributed by atoms with Gasteiger partial charge in [0.05, 0.1) is 11.3 Å². The van der Waals surface area contributed by atoms with Crippen molar-refractivity contribution in [3.8, 4) is 11.5 Å². The van der Waals surface area contributed by atoms with Crippen LogP contribution < -0.4 is 5.32 Å². The summed E-state index contributed by atoms with van der Waals surface area (Å²) in [6.07, 6.45) is 0. The van der Waals surface area contributed by atoms with Gasteiger partial charge in [0.1, 0.15) is 5.82 Å². The molecule has 0 radical (unpaired) electrons. The van der Waals surface area contributed by atoms with Crippen LogP contribution in [0.25, 0.3) is 11.5 Å². The maximum Gasteiger partial charge on any atom is 0.277 e. The quantitative estimate of drug-likeness (QED) is 0.605. The summed E-state index contributed by atoms with van der Waals surface area (Å²) < 4.78 is 20.1. The summed E-state index contributed by atoms with van der Waals surface area (Å²) in [5, 5.41) is 10.7. The minimum absolute atomic E-state index is 0.0875. The zero-order valence-electron chi connectivity index (χ0n) is 13.1. The van der Waals surface area contributed by atoms with Crippen LogP contribution in [0, 0.1) is 12.7 Å². The number of aryl methyl sites for hydroxylation is 1. The van der Waals surface area contributed by atoms with Gasteiger partial charge in [0.25, 0.3) is 11.1 Å². The van der Waals surface area contributed by atoms with E-state index in [4.69, 9.17) is 4.42 Å². The Bertz CT molecular complexity index is 916. The van der Waals surface area contributed by atoms with Gasteiger partial charge in [0.2, 0.25) is 5.91 Å². The topological polar surface area (TPSA) is 68.0 Å². The zero-order valence-corrected chi connectivity index (χ0v) is 15.5.